The van der Waals surface area contributed by atoms with Crippen LogP contribution in [-0.4, -0.2) is 45.6 Å². The second-order valence-corrected chi connectivity index (χ2v) is 6.29. The summed E-state index contributed by atoms with van der Waals surface area (Å²) in [6.07, 6.45) is 3.38. The smallest absolute Gasteiger partial charge is 0.232 e. The number of carbonyl (C=O) groups excluding carboxylic acids is 2. The summed E-state index contributed by atoms with van der Waals surface area (Å²) in [5, 5.41) is 9.05. The number of methoxy groups -OCH3 is 1. The van der Waals surface area contributed by atoms with Crippen LogP contribution < -0.4 is 10.1 Å². The van der Waals surface area contributed by atoms with Crippen molar-refractivity contribution in [1.29, 1.82) is 0 Å². The van der Waals surface area contributed by atoms with Gasteiger partial charge in [-0.15, -0.1) is 0 Å². The van der Waals surface area contributed by atoms with Crippen molar-refractivity contribution >= 4 is 17.8 Å². The molecule has 1 aromatic carbocycles. The quantitative estimate of drug-likeness (QED) is 0.791. The van der Waals surface area contributed by atoms with Crippen LogP contribution in [0.15, 0.2) is 30.6 Å². The van der Waals surface area contributed by atoms with E-state index in [1.807, 2.05) is 29.2 Å². The Kier molecular flexibility index (Phi) is 5.50. The van der Waals surface area contributed by atoms with Crippen LogP contribution in [0, 0.1) is 5.92 Å². The van der Waals surface area contributed by atoms with Gasteiger partial charge in [0.25, 0.3) is 0 Å². The average Bonchev–Trinajstić information content (AvgIpc) is 3.27. The summed E-state index contributed by atoms with van der Waals surface area (Å²) in [6, 6.07) is 7.22. The molecule has 1 fully saturated rings. The van der Waals surface area contributed by atoms with Gasteiger partial charge >= 0.3 is 0 Å². The molecule has 1 saturated heterocycles. The number of hydrogen-bond donors (Lipinski definition) is 2. The molecule has 8 nitrogen and oxygen atoms in total. The predicted molar refractivity (Wildman–Crippen MR) is 95.5 cm³/mol. The first-order chi connectivity index (χ1) is 12.6. The zero-order valence-electron chi connectivity index (χ0n) is 14.9. The summed E-state index contributed by atoms with van der Waals surface area (Å²) in [6.45, 7) is 2.72. The molecular formula is C18H23N5O3. The van der Waals surface area contributed by atoms with Gasteiger partial charge in [-0.1, -0.05) is 25.5 Å². The van der Waals surface area contributed by atoms with Gasteiger partial charge in [-0.25, -0.2) is 5.10 Å². The van der Waals surface area contributed by atoms with Crippen LogP contribution in [0.5, 0.6) is 5.75 Å². The topological polar surface area (TPSA) is 100 Å². The van der Waals surface area contributed by atoms with E-state index >= 15 is 0 Å². The van der Waals surface area contributed by atoms with Crippen LogP contribution in [0.4, 0.5) is 5.95 Å². The van der Waals surface area contributed by atoms with Crippen LogP contribution in [-0.2, 0) is 9.59 Å². The van der Waals surface area contributed by atoms with Crippen LogP contribution in [0.2, 0.25) is 0 Å². The lowest BCUT2D eigenvalue weighted by atomic mass is 9.92. The van der Waals surface area contributed by atoms with E-state index in [9.17, 15) is 9.59 Å². The number of aromatic nitrogens is 3. The second-order valence-electron chi connectivity index (χ2n) is 6.29. The van der Waals surface area contributed by atoms with Crippen LogP contribution in [0.25, 0.3) is 0 Å². The summed E-state index contributed by atoms with van der Waals surface area (Å²) in [5.41, 5.74) is 0.922. The van der Waals surface area contributed by atoms with Crippen LogP contribution >= 0.6 is 0 Å². The fraction of sp³-hybridized carbons (Fsp3) is 0.444. The Morgan fingerprint density at radius 3 is 2.77 bits per heavy atom. The Bertz CT molecular complexity index is 745. The maximum Gasteiger partial charge on any atom is 0.232 e. The van der Waals surface area contributed by atoms with Gasteiger partial charge in [-0.3, -0.25) is 14.9 Å². The molecule has 0 radical (unpaired) electrons. The minimum Gasteiger partial charge on any atom is -0.497 e. The van der Waals surface area contributed by atoms with E-state index in [1.54, 1.807) is 7.11 Å². The molecule has 8 heteroatoms. The molecular weight excluding hydrogens is 334 g/mol. The Balaban J connectivity index is 1.87. The number of carbonyl (C=O) groups is 2. The van der Waals surface area contributed by atoms with E-state index < -0.39 is 5.92 Å². The van der Waals surface area contributed by atoms with E-state index in [-0.39, 0.29) is 30.2 Å². The number of ether oxygens (including phenoxy) is 1. The molecule has 3 rings (SSSR count). The summed E-state index contributed by atoms with van der Waals surface area (Å²) < 4.78 is 5.21. The van der Waals surface area contributed by atoms with Gasteiger partial charge in [0.05, 0.1) is 19.1 Å². The Hall–Kier alpha value is -2.90. The standard InChI is InChI=1S/C18H23N5O3/c1-3-4-9-23-15(24)10-14(17(25)21-18-19-11-20-22-18)16(23)12-5-7-13(26-2)8-6-12/h5-8,11,14,16H,3-4,9-10H2,1-2H3,(H2,19,20,21,22,25)/t14-,16+/m1/s1. The zero-order chi connectivity index (χ0) is 18.5. The van der Waals surface area contributed by atoms with E-state index in [4.69, 9.17) is 4.74 Å². The summed E-state index contributed by atoms with van der Waals surface area (Å²) in [5.74, 6) is 0.286. The minimum atomic E-state index is -0.488. The highest BCUT2D eigenvalue weighted by atomic mass is 16.5. The third-order valence-electron chi connectivity index (χ3n) is 4.64. The number of anilines is 1. The normalized spacial score (nSPS) is 19.6. The predicted octanol–water partition coefficient (Wildman–Crippen LogP) is 2.14. The third kappa shape index (κ3) is 3.68. The molecule has 26 heavy (non-hydrogen) atoms. The highest BCUT2D eigenvalue weighted by Gasteiger charge is 2.44. The van der Waals surface area contributed by atoms with Crippen molar-refractivity contribution in [3.05, 3.63) is 36.2 Å². The molecule has 0 unspecified atom stereocenters. The molecule has 138 valence electrons. The average molecular weight is 357 g/mol. The molecule has 2 amide bonds. The van der Waals surface area contributed by atoms with Gasteiger partial charge in [0.2, 0.25) is 17.8 Å². The Morgan fingerprint density at radius 2 is 2.15 bits per heavy atom. The lowest BCUT2D eigenvalue weighted by Crippen LogP contribution is -2.33. The van der Waals surface area contributed by atoms with E-state index in [0.717, 1.165) is 24.2 Å². The molecule has 1 aromatic heterocycles. The Labute approximate surface area is 151 Å². The van der Waals surface area contributed by atoms with Crippen molar-refractivity contribution in [3.8, 4) is 5.75 Å². The maximum absolute atomic E-state index is 12.8. The number of nitrogens with one attached hydrogen (secondary N) is 2. The molecule has 1 aliphatic rings. The monoisotopic (exact) mass is 357 g/mol. The number of aromatic amines is 1. The van der Waals surface area contributed by atoms with Crippen molar-refractivity contribution in [2.75, 3.05) is 19.0 Å². The number of benzene rings is 1. The minimum absolute atomic E-state index is 0.00279. The van der Waals surface area contributed by atoms with E-state index in [2.05, 4.69) is 27.4 Å². The number of H-pyrrole nitrogens is 1. The number of nitrogens with zero attached hydrogens (tertiary/aromatic N) is 3. The highest BCUT2D eigenvalue weighted by Crippen LogP contribution is 2.39. The fourth-order valence-corrected chi connectivity index (χ4v) is 3.31. The van der Waals surface area contributed by atoms with E-state index in [1.165, 1.54) is 6.33 Å². The molecule has 2 aromatic rings. The number of amides is 2. The maximum atomic E-state index is 12.8. The van der Waals surface area contributed by atoms with Gasteiger partial charge < -0.3 is 9.64 Å². The first-order valence-corrected chi connectivity index (χ1v) is 8.73. The van der Waals surface area contributed by atoms with Crippen LogP contribution in [0.1, 0.15) is 37.8 Å². The van der Waals surface area contributed by atoms with Crippen molar-refractivity contribution in [1.82, 2.24) is 20.1 Å². The molecule has 0 spiro atoms. The number of rotatable bonds is 7. The zero-order valence-corrected chi connectivity index (χ0v) is 14.9. The van der Waals surface area contributed by atoms with Gasteiger partial charge in [0.15, 0.2) is 0 Å². The van der Waals surface area contributed by atoms with E-state index in [0.29, 0.717) is 6.54 Å². The fourth-order valence-electron chi connectivity index (χ4n) is 3.31. The SMILES string of the molecule is CCCCN1C(=O)C[C@@H](C(=O)Nc2ncn[nH]2)[C@@H]1c1ccc(OC)cc1. The molecule has 2 heterocycles. The van der Waals surface area contributed by atoms with Gasteiger partial charge in [-0.05, 0) is 24.1 Å². The molecule has 2 atom stereocenters. The first kappa shape index (κ1) is 17.9. The molecule has 1 aliphatic heterocycles. The number of likely N-dealkylation sites (tertiary alicyclic amines) is 1. The number of unbranched alkanes of at least 4 members (excludes halogenated alkanes) is 1. The molecule has 0 saturated carbocycles. The lowest BCUT2D eigenvalue weighted by Gasteiger charge is -2.28. The van der Waals surface area contributed by atoms with Crippen molar-refractivity contribution < 1.29 is 14.3 Å². The molecule has 0 aliphatic carbocycles. The molecule has 0 bridgehead atoms. The summed E-state index contributed by atoms with van der Waals surface area (Å²) in [4.78, 5) is 31.1. The Morgan fingerprint density at radius 1 is 1.38 bits per heavy atom. The number of hydrogen-bond acceptors (Lipinski definition) is 5. The summed E-state index contributed by atoms with van der Waals surface area (Å²) >= 11 is 0. The van der Waals surface area contributed by atoms with Gasteiger partial charge in [0.1, 0.15) is 12.1 Å². The van der Waals surface area contributed by atoms with Crippen molar-refractivity contribution in [2.45, 2.75) is 32.2 Å². The highest BCUT2D eigenvalue weighted by molar-refractivity contribution is 5.97. The first-order valence-electron chi connectivity index (χ1n) is 8.73. The largest absolute Gasteiger partial charge is 0.497 e. The second kappa shape index (κ2) is 7.99. The van der Waals surface area contributed by atoms with Crippen LogP contribution in [0.3, 0.4) is 0 Å². The lowest BCUT2D eigenvalue weighted by molar-refractivity contribution is -0.129. The van der Waals surface area contributed by atoms with Gasteiger partial charge in [-0.2, -0.15) is 10.1 Å². The van der Waals surface area contributed by atoms with Crippen molar-refractivity contribution in [3.63, 3.8) is 0 Å². The van der Waals surface area contributed by atoms with Gasteiger partial charge in [0, 0.05) is 13.0 Å². The molecule has 2 N–H and O–H groups in total. The third-order valence-corrected chi connectivity index (χ3v) is 4.64. The van der Waals surface area contributed by atoms with Crippen molar-refractivity contribution in [2.24, 2.45) is 5.92 Å². The summed E-state index contributed by atoms with van der Waals surface area (Å²) in [7, 11) is 1.61.